The number of pyridine rings is 1. The van der Waals surface area contributed by atoms with E-state index in [2.05, 4.69) is 15.1 Å². The number of anilines is 1. The predicted octanol–water partition coefficient (Wildman–Crippen LogP) is 4.31. The Morgan fingerprint density at radius 3 is 2.14 bits per heavy atom. The van der Waals surface area contributed by atoms with Crippen molar-refractivity contribution in [2.75, 3.05) is 31.1 Å². The highest BCUT2D eigenvalue weighted by Gasteiger charge is 2.40. The van der Waals surface area contributed by atoms with E-state index in [0.29, 0.717) is 24.0 Å². The molecule has 1 amide bonds. The smallest absolute Gasteiger partial charge is 0.338 e. The topological polar surface area (TPSA) is 99.2 Å². The summed E-state index contributed by atoms with van der Waals surface area (Å²) in [5.74, 6) is -0.347. The lowest BCUT2D eigenvalue weighted by Crippen LogP contribution is -2.49. The maximum Gasteiger partial charge on any atom is 0.434 e. The lowest BCUT2D eigenvalue weighted by atomic mass is 10.0. The van der Waals surface area contributed by atoms with Crippen molar-refractivity contribution in [3.63, 3.8) is 0 Å². The molecule has 0 bridgehead atoms. The van der Waals surface area contributed by atoms with Gasteiger partial charge in [0.25, 0.3) is 11.9 Å². The van der Waals surface area contributed by atoms with Crippen LogP contribution in [0.3, 0.4) is 0 Å². The Labute approximate surface area is 199 Å². The molecule has 8 nitrogen and oxygen atoms in total. The van der Waals surface area contributed by atoms with E-state index >= 15 is 0 Å². The molecule has 36 heavy (non-hydrogen) atoms. The van der Waals surface area contributed by atoms with Gasteiger partial charge in [-0.15, -0.1) is 0 Å². The fourth-order valence-corrected chi connectivity index (χ4v) is 3.71. The molecule has 1 aromatic carbocycles. The van der Waals surface area contributed by atoms with Gasteiger partial charge in [0, 0.05) is 38.7 Å². The molecule has 1 aliphatic rings. The maximum absolute atomic E-state index is 13.9. The molecule has 0 atom stereocenters. The van der Waals surface area contributed by atoms with E-state index < -0.39 is 40.8 Å². The average Bonchev–Trinajstić information content (AvgIpc) is 3.28. The highest BCUT2D eigenvalue weighted by atomic mass is 19.4. The van der Waals surface area contributed by atoms with Gasteiger partial charge in [-0.25, -0.2) is 4.98 Å². The van der Waals surface area contributed by atoms with E-state index in [-0.39, 0.29) is 37.3 Å². The summed E-state index contributed by atoms with van der Waals surface area (Å²) >= 11 is 0. The third-order valence-electron chi connectivity index (χ3n) is 5.49. The summed E-state index contributed by atoms with van der Waals surface area (Å²) in [7, 11) is 0. The van der Waals surface area contributed by atoms with Crippen LogP contribution < -0.4 is 4.90 Å². The summed E-state index contributed by atoms with van der Waals surface area (Å²) in [5, 5.41) is 13.3. The Morgan fingerprint density at radius 1 is 1.00 bits per heavy atom. The Hall–Kier alpha value is -4.15. The zero-order valence-electron chi connectivity index (χ0n) is 18.5. The van der Waals surface area contributed by atoms with Gasteiger partial charge in [-0.1, -0.05) is 12.1 Å². The number of aryl methyl sites for hydroxylation is 1. The zero-order chi connectivity index (χ0) is 26.3. The minimum Gasteiger partial charge on any atom is -0.338 e. The van der Waals surface area contributed by atoms with Crippen molar-refractivity contribution in [3.8, 4) is 17.3 Å². The number of hydrogen-bond donors (Lipinski definition) is 0. The van der Waals surface area contributed by atoms with Crippen LogP contribution in [0, 0.1) is 18.3 Å². The van der Waals surface area contributed by atoms with E-state index in [0.717, 1.165) is 18.2 Å². The molecular weight excluding hydrogens is 494 g/mol. The van der Waals surface area contributed by atoms with Gasteiger partial charge < -0.3 is 14.3 Å². The number of amides is 1. The van der Waals surface area contributed by atoms with Crippen LogP contribution in [-0.4, -0.2) is 52.1 Å². The number of hydrogen-bond acceptors (Lipinski definition) is 7. The molecule has 3 heterocycles. The molecular formula is C22H16F6N6O2. The van der Waals surface area contributed by atoms with Gasteiger partial charge >= 0.3 is 12.4 Å². The number of aromatic nitrogens is 3. The maximum atomic E-state index is 13.9. The second-order valence-electron chi connectivity index (χ2n) is 7.86. The van der Waals surface area contributed by atoms with Crippen LogP contribution in [0.5, 0.6) is 0 Å². The van der Waals surface area contributed by atoms with Crippen LogP contribution >= 0.6 is 0 Å². The molecule has 0 saturated carbocycles. The third kappa shape index (κ3) is 4.95. The fourth-order valence-electron chi connectivity index (χ4n) is 3.71. The van der Waals surface area contributed by atoms with Crippen molar-refractivity contribution in [2.24, 2.45) is 0 Å². The van der Waals surface area contributed by atoms with Crippen molar-refractivity contribution < 1.29 is 35.7 Å². The second-order valence-corrected chi connectivity index (χ2v) is 7.86. The molecule has 0 unspecified atom stereocenters. The van der Waals surface area contributed by atoms with Crippen LogP contribution in [0.15, 0.2) is 34.9 Å². The highest BCUT2D eigenvalue weighted by molar-refractivity contribution is 5.96. The van der Waals surface area contributed by atoms with Crippen molar-refractivity contribution in [2.45, 2.75) is 19.3 Å². The van der Waals surface area contributed by atoms with E-state index in [9.17, 15) is 36.4 Å². The van der Waals surface area contributed by atoms with Crippen molar-refractivity contribution in [1.29, 1.82) is 5.26 Å². The molecule has 1 fully saturated rings. The first kappa shape index (κ1) is 25.0. The van der Waals surface area contributed by atoms with Gasteiger partial charge in [0.2, 0.25) is 5.89 Å². The van der Waals surface area contributed by atoms with Gasteiger partial charge in [0.05, 0.1) is 22.4 Å². The second kappa shape index (κ2) is 9.14. The quantitative estimate of drug-likeness (QED) is 0.484. The molecule has 3 aromatic rings. The molecule has 0 aliphatic carbocycles. The summed E-state index contributed by atoms with van der Waals surface area (Å²) < 4.78 is 85.2. The van der Waals surface area contributed by atoms with E-state index in [1.807, 2.05) is 0 Å². The van der Waals surface area contributed by atoms with Gasteiger partial charge in [0.15, 0.2) is 5.69 Å². The monoisotopic (exact) mass is 510 g/mol. The molecule has 1 saturated heterocycles. The number of benzene rings is 1. The standard InChI is InChI=1S/C22H16F6N6O2/c1-12-30-20(32-36-12)34-8-6-33(7-9-34)19(35)16-10-14(11-29)17(31-18(16)22(26,27)28)13-2-4-15(5-3-13)21(23,24)25/h2-5,10H,6-9H2,1H3. The number of halogens is 6. The van der Waals surface area contributed by atoms with Crippen LogP contribution in [0.4, 0.5) is 32.3 Å². The minimum absolute atomic E-state index is 0.0479. The number of carbonyl (C=O) groups is 1. The van der Waals surface area contributed by atoms with Crippen molar-refractivity contribution >= 4 is 11.9 Å². The first-order chi connectivity index (χ1) is 16.9. The third-order valence-corrected chi connectivity index (χ3v) is 5.49. The van der Waals surface area contributed by atoms with Crippen LogP contribution in [-0.2, 0) is 12.4 Å². The normalized spacial score (nSPS) is 14.6. The number of nitriles is 1. The lowest BCUT2D eigenvalue weighted by molar-refractivity contribution is -0.141. The largest absolute Gasteiger partial charge is 0.434 e. The van der Waals surface area contributed by atoms with Crippen LogP contribution in [0.1, 0.15) is 33.1 Å². The summed E-state index contributed by atoms with van der Waals surface area (Å²) in [6.07, 6.45) is -9.71. The number of carbonyl (C=O) groups excluding carboxylic acids is 1. The molecule has 0 spiro atoms. The number of rotatable bonds is 3. The van der Waals surface area contributed by atoms with Gasteiger partial charge in [-0.3, -0.25) is 4.79 Å². The van der Waals surface area contributed by atoms with Crippen molar-refractivity contribution in [1.82, 2.24) is 20.0 Å². The predicted molar refractivity (Wildman–Crippen MR) is 112 cm³/mol. The zero-order valence-corrected chi connectivity index (χ0v) is 18.5. The first-order valence-electron chi connectivity index (χ1n) is 10.4. The Bertz CT molecular complexity index is 1320. The van der Waals surface area contributed by atoms with E-state index in [1.165, 1.54) is 4.90 Å². The lowest BCUT2D eigenvalue weighted by Gasteiger charge is -2.34. The fraction of sp³-hybridized carbons (Fsp3) is 0.318. The SMILES string of the molecule is Cc1nc(N2CCN(C(=O)c3cc(C#N)c(-c4ccc(C(F)(F)F)cc4)nc3C(F)(F)F)CC2)no1. The summed E-state index contributed by atoms with van der Waals surface area (Å²) in [5.41, 5.74) is -4.36. The average molecular weight is 510 g/mol. The number of alkyl halides is 6. The summed E-state index contributed by atoms with van der Waals surface area (Å²) in [4.78, 5) is 23.6. The van der Waals surface area contributed by atoms with Gasteiger partial charge in [0.1, 0.15) is 6.07 Å². The summed E-state index contributed by atoms with van der Waals surface area (Å²) in [6, 6.07) is 5.66. The number of nitrogens with zero attached hydrogens (tertiary/aromatic N) is 6. The number of piperazine rings is 1. The van der Waals surface area contributed by atoms with Gasteiger partial charge in [-0.2, -0.15) is 36.6 Å². The van der Waals surface area contributed by atoms with E-state index in [4.69, 9.17) is 4.52 Å². The van der Waals surface area contributed by atoms with Crippen LogP contribution in [0.25, 0.3) is 11.3 Å². The molecule has 0 N–H and O–H groups in total. The summed E-state index contributed by atoms with van der Waals surface area (Å²) in [6.45, 7) is 2.16. The van der Waals surface area contributed by atoms with E-state index in [1.54, 1.807) is 17.9 Å². The minimum atomic E-state index is -5.07. The Kier molecular flexibility index (Phi) is 6.33. The molecule has 188 valence electrons. The molecule has 14 heteroatoms. The molecule has 4 rings (SSSR count). The van der Waals surface area contributed by atoms with Crippen molar-refractivity contribution in [3.05, 3.63) is 58.6 Å². The molecule has 2 aromatic heterocycles. The van der Waals surface area contributed by atoms with Crippen LogP contribution in [0.2, 0.25) is 0 Å². The molecule has 0 radical (unpaired) electrons. The van der Waals surface area contributed by atoms with Gasteiger partial charge in [-0.05, 0) is 23.4 Å². The Balaban J connectivity index is 1.66. The first-order valence-corrected chi connectivity index (χ1v) is 10.4. The highest BCUT2D eigenvalue weighted by Crippen LogP contribution is 2.36. The molecule has 1 aliphatic heterocycles. The Morgan fingerprint density at radius 2 is 1.64 bits per heavy atom.